The van der Waals surface area contributed by atoms with Gasteiger partial charge in [-0.3, -0.25) is 4.79 Å². The number of carbonyl (C=O) groups is 2. The lowest BCUT2D eigenvalue weighted by atomic mass is 10.1. The number of piperidine rings is 1. The van der Waals surface area contributed by atoms with Gasteiger partial charge < -0.3 is 25.2 Å². The van der Waals surface area contributed by atoms with Crippen molar-refractivity contribution in [1.29, 1.82) is 0 Å². The van der Waals surface area contributed by atoms with E-state index in [0.29, 0.717) is 19.3 Å². The predicted molar refractivity (Wildman–Crippen MR) is 81.2 cm³/mol. The second-order valence-electron chi connectivity index (χ2n) is 5.63. The van der Waals surface area contributed by atoms with Gasteiger partial charge in [-0.2, -0.15) is 0 Å². The van der Waals surface area contributed by atoms with Crippen molar-refractivity contribution in [1.82, 2.24) is 20.4 Å². The Morgan fingerprint density at radius 2 is 1.90 bits per heavy atom. The topological polar surface area (TPSA) is 73.9 Å². The summed E-state index contributed by atoms with van der Waals surface area (Å²) in [6.07, 6.45) is 3.31. The number of hydrogen-bond donors (Lipinski definition) is 2. The van der Waals surface area contributed by atoms with Gasteiger partial charge in [0.25, 0.3) is 0 Å². The number of amides is 3. The fourth-order valence-corrected chi connectivity index (χ4v) is 2.08. The van der Waals surface area contributed by atoms with Crippen LogP contribution >= 0.6 is 0 Å². The maximum absolute atomic E-state index is 11.5. The minimum Gasteiger partial charge on any atom is -0.378 e. The highest BCUT2D eigenvalue weighted by Crippen LogP contribution is 2.11. The van der Waals surface area contributed by atoms with Crippen molar-refractivity contribution in [3.8, 4) is 0 Å². The fourth-order valence-electron chi connectivity index (χ4n) is 2.08. The van der Waals surface area contributed by atoms with E-state index in [9.17, 15) is 9.59 Å². The summed E-state index contributed by atoms with van der Waals surface area (Å²) in [5.74, 6) is -0.176. The molecule has 0 unspecified atom stereocenters. The first-order chi connectivity index (χ1) is 9.99. The lowest BCUT2D eigenvalue weighted by Crippen LogP contribution is -2.41. The van der Waals surface area contributed by atoms with Crippen molar-refractivity contribution in [2.75, 3.05) is 53.9 Å². The molecule has 0 spiro atoms. The molecule has 1 aliphatic rings. The third-order valence-electron chi connectivity index (χ3n) is 3.47. The van der Waals surface area contributed by atoms with Crippen molar-refractivity contribution < 1.29 is 14.3 Å². The monoisotopic (exact) mass is 300 g/mol. The number of nitrogens with one attached hydrogen (secondary N) is 2. The molecule has 0 aromatic carbocycles. The molecule has 7 heteroatoms. The molecule has 3 amide bonds. The number of nitrogens with zero attached hydrogens (tertiary/aromatic N) is 2. The number of carbonyl (C=O) groups excluding carboxylic acids is 2. The van der Waals surface area contributed by atoms with Crippen LogP contribution in [0.15, 0.2) is 0 Å². The van der Waals surface area contributed by atoms with Crippen LogP contribution in [0.4, 0.5) is 4.79 Å². The normalized spacial score (nSPS) is 16.5. The van der Waals surface area contributed by atoms with Gasteiger partial charge in [-0.05, 0) is 26.3 Å². The second kappa shape index (κ2) is 9.57. The minimum atomic E-state index is -0.268. The van der Waals surface area contributed by atoms with Crippen LogP contribution in [-0.4, -0.2) is 81.8 Å². The standard InChI is InChI=1S/C14H28N4O3/c1-17(2)14(20)16-11-13(19)15-7-4-10-21-12-5-8-18(3)9-6-12/h12H,4-11H2,1-3H3,(H,15,19)(H,16,20). The number of rotatable bonds is 7. The zero-order chi connectivity index (χ0) is 15.7. The Morgan fingerprint density at radius 1 is 1.24 bits per heavy atom. The molecule has 0 saturated carbocycles. The molecule has 0 aromatic rings. The van der Waals surface area contributed by atoms with Gasteiger partial charge in [0, 0.05) is 40.3 Å². The zero-order valence-electron chi connectivity index (χ0n) is 13.4. The summed E-state index contributed by atoms with van der Waals surface area (Å²) in [5, 5.41) is 5.28. The second-order valence-corrected chi connectivity index (χ2v) is 5.63. The molecule has 1 rings (SSSR count). The third kappa shape index (κ3) is 7.87. The van der Waals surface area contributed by atoms with Crippen LogP contribution in [-0.2, 0) is 9.53 Å². The van der Waals surface area contributed by atoms with Gasteiger partial charge in [0.2, 0.25) is 5.91 Å². The SMILES string of the molecule is CN1CCC(OCCCNC(=O)CNC(=O)N(C)C)CC1. The number of ether oxygens (including phenoxy) is 1. The van der Waals surface area contributed by atoms with Gasteiger partial charge in [0.1, 0.15) is 0 Å². The molecule has 1 heterocycles. The Hall–Kier alpha value is -1.34. The van der Waals surface area contributed by atoms with E-state index in [2.05, 4.69) is 22.6 Å². The van der Waals surface area contributed by atoms with Crippen LogP contribution < -0.4 is 10.6 Å². The highest BCUT2D eigenvalue weighted by Gasteiger charge is 2.16. The first kappa shape index (κ1) is 17.7. The Morgan fingerprint density at radius 3 is 2.52 bits per heavy atom. The van der Waals surface area contributed by atoms with Gasteiger partial charge in [0.15, 0.2) is 0 Å². The van der Waals surface area contributed by atoms with Crippen LogP contribution in [0.1, 0.15) is 19.3 Å². The largest absolute Gasteiger partial charge is 0.378 e. The smallest absolute Gasteiger partial charge is 0.317 e. The predicted octanol–water partition coefficient (Wildman–Crippen LogP) is -0.125. The molecule has 1 fully saturated rings. The summed E-state index contributed by atoms with van der Waals surface area (Å²) in [5.41, 5.74) is 0. The summed E-state index contributed by atoms with van der Waals surface area (Å²) < 4.78 is 5.79. The van der Waals surface area contributed by atoms with Crippen LogP contribution in [0, 0.1) is 0 Å². The van der Waals surface area contributed by atoms with Crippen molar-refractivity contribution in [3.63, 3.8) is 0 Å². The quantitative estimate of drug-likeness (QED) is 0.643. The highest BCUT2D eigenvalue weighted by atomic mass is 16.5. The lowest BCUT2D eigenvalue weighted by Gasteiger charge is -2.28. The molecule has 0 aromatic heterocycles. The van der Waals surface area contributed by atoms with Crippen molar-refractivity contribution in [2.24, 2.45) is 0 Å². The van der Waals surface area contributed by atoms with Crippen molar-refractivity contribution in [2.45, 2.75) is 25.4 Å². The van der Waals surface area contributed by atoms with E-state index in [1.807, 2.05) is 0 Å². The van der Waals surface area contributed by atoms with Crippen molar-refractivity contribution >= 4 is 11.9 Å². The molecule has 0 bridgehead atoms. The summed E-state index contributed by atoms with van der Waals surface area (Å²) in [6.45, 7) is 3.43. The van der Waals surface area contributed by atoms with Crippen LogP contribution in [0.5, 0.6) is 0 Å². The Labute approximate surface area is 127 Å². The lowest BCUT2D eigenvalue weighted by molar-refractivity contribution is -0.120. The van der Waals surface area contributed by atoms with Gasteiger partial charge >= 0.3 is 6.03 Å². The first-order valence-corrected chi connectivity index (χ1v) is 7.51. The van der Waals surface area contributed by atoms with E-state index in [4.69, 9.17) is 4.74 Å². The maximum atomic E-state index is 11.5. The first-order valence-electron chi connectivity index (χ1n) is 7.51. The molecule has 0 aliphatic carbocycles. The van der Waals surface area contributed by atoms with Crippen LogP contribution in [0.2, 0.25) is 0 Å². The number of likely N-dealkylation sites (tertiary alicyclic amines) is 1. The van der Waals surface area contributed by atoms with E-state index in [-0.39, 0.29) is 18.5 Å². The molecule has 0 radical (unpaired) electrons. The van der Waals surface area contributed by atoms with Crippen molar-refractivity contribution in [3.05, 3.63) is 0 Å². The average Bonchev–Trinajstić information content (AvgIpc) is 2.46. The van der Waals surface area contributed by atoms with Gasteiger partial charge in [-0.25, -0.2) is 4.79 Å². The fraction of sp³-hybridized carbons (Fsp3) is 0.857. The maximum Gasteiger partial charge on any atom is 0.317 e. The summed E-state index contributed by atoms with van der Waals surface area (Å²) in [6, 6.07) is -0.268. The van der Waals surface area contributed by atoms with Gasteiger partial charge in [0.05, 0.1) is 12.6 Å². The van der Waals surface area contributed by atoms with E-state index < -0.39 is 0 Å². The molecule has 122 valence electrons. The number of urea groups is 1. The zero-order valence-corrected chi connectivity index (χ0v) is 13.4. The Kier molecular flexibility index (Phi) is 8.07. The molecule has 2 N–H and O–H groups in total. The Bertz CT molecular complexity index is 328. The molecule has 0 atom stereocenters. The van der Waals surface area contributed by atoms with Crippen LogP contribution in [0.3, 0.4) is 0 Å². The number of hydrogen-bond acceptors (Lipinski definition) is 4. The van der Waals surface area contributed by atoms with E-state index >= 15 is 0 Å². The van der Waals surface area contributed by atoms with E-state index in [0.717, 1.165) is 32.4 Å². The molecule has 1 aliphatic heterocycles. The Balaban J connectivity index is 1.96. The third-order valence-corrected chi connectivity index (χ3v) is 3.47. The van der Waals surface area contributed by atoms with Gasteiger partial charge in [-0.1, -0.05) is 0 Å². The van der Waals surface area contributed by atoms with E-state index in [1.165, 1.54) is 4.90 Å². The van der Waals surface area contributed by atoms with Gasteiger partial charge in [-0.15, -0.1) is 0 Å². The molecular weight excluding hydrogens is 272 g/mol. The van der Waals surface area contributed by atoms with E-state index in [1.54, 1.807) is 14.1 Å². The minimum absolute atomic E-state index is 0.00678. The molecule has 21 heavy (non-hydrogen) atoms. The molecular formula is C14H28N4O3. The summed E-state index contributed by atoms with van der Waals surface area (Å²) in [7, 11) is 5.39. The molecule has 7 nitrogen and oxygen atoms in total. The average molecular weight is 300 g/mol. The summed E-state index contributed by atoms with van der Waals surface area (Å²) in [4.78, 5) is 26.4. The molecule has 1 saturated heterocycles. The summed E-state index contributed by atoms with van der Waals surface area (Å²) >= 11 is 0. The van der Waals surface area contributed by atoms with Crippen LogP contribution in [0.25, 0.3) is 0 Å². The highest BCUT2D eigenvalue weighted by molar-refractivity contribution is 5.83.